The Bertz CT molecular complexity index is 656. The Morgan fingerprint density at radius 3 is 2.60 bits per heavy atom. The summed E-state index contributed by atoms with van der Waals surface area (Å²) in [6, 6.07) is 0. The summed E-state index contributed by atoms with van der Waals surface area (Å²) in [5.41, 5.74) is 0.958. The molecule has 170 valence electrons. The molecule has 0 bridgehead atoms. The largest absolute Gasteiger partial charge is 0.481 e. The van der Waals surface area contributed by atoms with Gasteiger partial charge in [-0.25, -0.2) is 0 Å². The number of hydrogen-bond donors (Lipinski definition) is 4. The van der Waals surface area contributed by atoms with E-state index in [1.165, 1.54) is 0 Å². The molecule has 0 aliphatic heterocycles. The van der Waals surface area contributed by atoms with Crippen LogP contribution >= 0.6 is 0 Å². The van der Waals surface area contributed by atoms with Crippen LogP contribution in [-0.4, -0.2) is 56.8 Å². The Hall–Kier alpha value is -1.70. The number of carboxylic acid groups (broad SMARTS) is 1. The Kier molecular flexibility index (Phi) is 9.07. The van der Waals surface area contributed by atoms with Crippen LogP contribution in [0.5, 0.6) is 0 Å². The van der Waals surface area contributed by atoms with Crippen LogP contribution in [0.15, 0.2) is 23.8 Å². The van der Waals surface area contributed by atoms with Crippen LogP contribution in [0.25, 0.3) is 0 Å². The normalized spacial score (nSPS) is 31.3. The molecule has 2 unspecified atom stereocenters. The molecule has 0 saturated heterocycles. The molecule has 30 heavy (non-hydrogen) atoms. The third-order valence-electron chi connectivity index (χ3n) is 6.44. The summed E-state index contributed by atoms with van der Waals surface area (Å²) in [5, 5.41) is 39.1. The van der Waals surface area contributed by atoms with Gasteiger partial charge in [-0.15, -0.1) is 0 Å². The van der Waals surface area contributed by atoms with Crippen LogP contribution in [-0.2, 0) is 14.3 Å². The highest BCUT2D eigenvalue weighted by molar-refractivity contribution is 5.72. The fourth-order valence-electron chi connectivity index (χ4n) is 4.52. The minimum absolute atomic E-state index is 0.0156. The van der Waals surface area contributed by atoms with E-state index in [2.05, 4.69) is 13.0 Å². The molecule has 0 fully saturated rings. The van der Waals surface area contributed by atoms with E-state index in [1.807, 2.05) is 26.0 Å². The number of aliphatic hydroxyl groups excluding tert-OH is 3. The first-order chi connectivity index (χ1) is 14.1. The van der Waals surface area contributed by atoms with Crippen molar-refractivity contribution in [2.75, 3.05) is 0 Å². The summed E-state index contributed by atoms with van der Waals surface area (Å²) in [4.78, 5) is 23.1. The lowest BCUT2D eigenvalue weighted by Crippen LogP contribution is -2.43. The summed E-state index contributed by atoms with van der Waals surface area (Å²) >= 11 is 0. The van der Waals surface area contributed by atoms with E-state index in [1.54, 1.807) is 0 Å². The lowest BCUT2D eigenvalue weighted by atomic mass is 9.66. The number of aliphatic hydroxyl groups is 3. The number of aliphatic carboxylic acids is 1. The van der Waals surface area contributed by atoms with Crippen LogP contribution in [0, 0.1) is 23.7 Å². The maximum Gasteiger partial charge on any atom is 0.308 e. The van der Waals surface area contributed by atoms with Gasteiger partial charge in [-0.2, -0.15) is 0 Å². The summed E-state index contributed by atoms with van der Waals surface area (Å²) in [5.74, 6) is -1.31. The number of fused-ring (bicyclic) bond motifs is 1. The fraction of sp³-hybridized carbons (Fsp3) is 0.739. The molecule has 0 heterocycles. The number of ether oxygens (including phenoxy) is 1. The summed E-state index contributed by atoms with van der Waals surface area (Å²) < 4.78 is 5.84. The molecule has 2 aliphatic carbocycles. The van der Waals surface area contributed by atoms with E-state index in [9.17, 15) is 24.9 Å². The maximum atomic E-state index is 12.4. The van der Waals surface area contributed by atoms with E-state index in [0.717, 1.165) is 5.57 Å². The quantitative estimate of drug-likeness (QED) is 0.397. The molecule has 8 atom stereocenters. The van der Waals surface area contributed by atoms with Gasteiger partial charge in [0.2, 0.25) is 0 Å². The zero-order valence-electron chi connectivity index (χ0n) is 18.1. The molecular weight excluding hydrogens is 388 g/mol. The van der Waals surface area contributed by atoms with E-state index < -0.39 is 30.4 Å². The minimum Gasteiger partial charge on any atom is -0.481 e. The molecule has 7 heteroatoms. The van der Waals surface area contributed by atoms with Crippen molar-refractivity contribution < 1.29 is 34.8 Å². The summed E-state index contributed by atoms with van der Waals surface area (Å²) in [6.45, 7) is 5.85. The van der Waals surface area contributed by atoms with Gasteiger partial charge in [0.1, 0.15) is 6.10 Å². The van der Waals surface area contributed by atoms with Crippen molar-refractivity contribution in [3.8, 4) is 0 Å². The van der Waals surface area contributed by atoms with Gasteiger partial charge >= 0.3 is 11.9 Å². The Morgan fingerprint density at radius 2 is 1.97 bits per heavy atom. The van der Waals surface area contributed by atoms with Crippen molar-refractivity contribution in [3.63, 3.8) is 0 Å². The molecule has 0 amide bonds. The van der Waals surface area contributed by atoms with Gasteiger partial charge in [-0.05, 0) is 43.1 Å². The van der Waals surface area contributed by atoms with Gasteiger partial charge in [0.25, 0.3) is 0 Å². The standard InChI is InChI=1S/C23H36O7/c1-4-13(2)23(29)30-20-11-17(25)9-15-6-5-14(3)19(22(15)20)8-7-16(24)10-18(26)12-21(27)28/h5-6,9,13-14,16-20,22,24-26H,4,7-8,10-12H2,1-3H3,(H,27,28)/t13?,14-,16+,17+,18+,19-,20-,22?/m0/s1. The second-order valence-electron chi connectivity index (χ2n) is 8.88. The zero-order valence-corrected chi connectivity index (χ0v) is 18.1. The Balaban J connectivity index is 2.09. The molecule has 2 rings (SSSR count). The molecule has 0 aromatic carbocycles. The molecule has 0 aromatic rings. The van der Waals surface area contributed by atoms with Crippen LogP contribution in [0.2, 0.25) is 0 Å². The van der Waals surface area contributed by atoms with Crippen LogP contribution in [0.4, 0.5) is 0 Å². The van der Waals surface area contributed by atoms with E-state index in [0.29, 0.717) is 25.7 Å². The highest BCUT2D eigenvalue weighted by Crippen LogP contribution is 2.44. The van der Waals surface area contributed by atoms with Crippen molar-refractivity contribution in [2.45, 2.75) is 83.7 Å². The molecule has 0 saturated carbocycles. The average molecular weight is 425 g/mol. The molecule has 0 radical (unpaired) electrons. The van der Waals surface area contributed by atoms with Crippen molar-refractivity contribution in [1.29, 1.82) is 0 Å². The highest BCUT2D eigenvalue weighted by Gasteiger charge is 2.42. The van der Waals surface area contributed by atoms with E-state index in [-0.39, 0.29) is 42.5 Å². The van der Waals surface area contributed by atoms with Crippen LogP contribution < -0.4 is 0 Å². The topological polar surface area (TPSA) is 124 Å². The predicted molar refractivity (Wildman–Crippen MR) is 111 cm³/mol. The smallest absolute Gasteiger partial charge is 0.308 e. The number of allylic oxidation sites excluding steroid dienone is 2. The zero-order chi connectivity index (χ0) is 22.4. The third-order valence-corrected chi connectivity index (χ3v) is 6.44. The number of rotatable bonds is 10. The molecule has 0 spiro atoms. The van der Waals surface area contributed by atoms with Crippen molar-refractivity contribution in [2.24, 2.45) is 23.7 Å². The SMILES string of the molecule is CCC(C)C(=O)O[C@H]1C[C@H](O)C=C2C=C[C@H](C)[C@H](CC[C@@H](O)C[C@@H](O)CC(=O)O)C21. The predicted octanol–water partition coefficient (Wildman–Crippen LogP) is 2.44. The van der Waals surface area contributed by atoms with E-state index in [4.69, 9.17) is 9.84 Å². The number of carboxylic acids is 1. The van der Waals surface area contributed by atoms with Crippen LogP contribution in [0.1, 0.15) is 59.3 Å². The first-order valence-electron chi connectivity index (χ1n) is 11.0. The third kappa shape index (κ3) is 6.65. The second kappa shape index (κ2) is 11.1. The summed E-state index contributed by atoms with van der Waals surface area (Å²) in [6.07, 6.45) is 4.64. The van der Waals surface area contributed by atoms with Crippen molar-refractivity contribution >= 4 is 11.9 Å². The number of carbonyl (C=O) groups excluding carboxylic acids is 1. The van der Waals surface area contributed by atoms with Gasteiger partial charge in [0, 0.05) is 12.3 Å². The maximum absolute atomic E-state index is 12.4. The minimum atomic E-state index is -1.10. The number of hydrogen-bond acceptors (Lipinski definition) is 6. The molecular formula is C23H36O7. The first-order valence-corrected chi connectivity index (χ1v) is 11.0. The Morgan fingerprint density at radius 1 is 1.27 bits per heavy atom. The fourth-order valence-corrected chi connectivity index (χ4v) is 4.52. The number of esters is 1. The molecule has 4 N–H and O–H groups in total. The monoisotopic (exact) mass is 424 g/mol. The van der Waals surface area contributed by atoms with Gasteiger partial charge in [0.05, 0.1) is 30.7 Å². The molecule has 2 aliphatic rings. The summed E-state index contributed by atoms with van der Waals surface area (Å²) in [7, 11) is 0. The van der Waals surface area contributed by atoms with E-state index >= 15 is 0 Å². The van der Waals surface area contributed by atoms with Gasteiger partial charge in [-0.3, -0.25) is 9.59 Å². The van der Waals surface area contributed by atoms with Gasteiger partial charge in [-0.1, -0.05) is 39.0 Å². The second-order valence-corrected chi connectivity index (χ2v) is 8.88. The van der Waals surface area contributed by atoms with Gasteiger partial charge < -0.3 is 25.2 Å². The van der Waals surface area contributed by atoms with Crippen molar-refractivity contribution in [3.05, 3.63) is 23.8 Å². The lowest BCUT2D eigenvalue weighted by molar-refractivity contribution is -0.159. The van der Waals surface area contributed by atoms with Crippen LogP contribution in [0.3, 0.4) is 0 Å². The van der Waals surface area contributed by atoms with Crippen molar-refractivity contribution in [1.82, 2.24) is 0 Å². The van der Waals surface area contributed by atoms with Gasteiger partial charge in [0.15, 0.2) is 0 Å². The highest BCUT2D eigenvalue weighted by atomic mass is 16.5. The Labute approximate surface area is 178 Å². The first kappa shape index (κ1) is 24.6. The average Bonchev–Trinajstić information content (AvgIpc) is 2.65. The number of carbonyl (C=O) groups is 2. The molecule has 0 aromatic heterocycles. The lowest BCUT2D eigenvalue weighted by Gasteiger charge is -2.43. The molecule has 7 nitrogen and oxygen atoms in total.